The minimum absolute atomic E-state index is 0.119. The van der Waals surface area contributed by atoms with Gasteiger partial charge in [0.1, 0.15) is 0 Å². The fourth-order valence-corrected chi connectivity index (χ4v) is 4.60. The van der Waals surface area contributed by atoms with Gasteiger partial charge in [-0.05, 0) is 56.5 Å². The summed E-state index contributed by atoms with van der Waals surface area (Å²) >= 11 is 0. The summed E-state index contributed by atoms with van der Waals surface area (Å²) in [4.78, 5) is 29.6. The van der Waals surface area contributed by atoms with Gasteiger partial charge in [0.25, 0.3) is 0 Å². The fourth-order valence-electron chi connectivity index (χ4n) is 3.54. The van der Waals surface area contributed by atoms with Crippen molar-refractivity contribution in [2.24, 2.45) is 0 Å². The lowest BCUT2D eigenvalue weighted by Crippen LogP contribution is -2.32. The van der Waals surface area contributed by atoms with Gasteiger partial charge < -0.3 is 5.32 Å². The molecule has 3 aromatic rings. The average molecular weight is 470 g/mol. The molecule has 0 aliphatic heterocycles. The summed E-state index contributed by atoms with van der Waals surface area (Å²) in [5, 5.41) is 6.79. The molecule has 9 nitrogen and oxygen atoms in total. The molecule has 0 atom stereocenters. The van der Waals surface area contributed by atoms with Gasteiger partial charge in [-0.2, -0.15) is 0 Å². The predicted octanol–water partition coefficient (Wildman–Crippen LogP) is 1.98. The number of benzene rings is 1. The van der Waals surface area contributed by atoms with E-state index in [0.717, 1.165) is 18.4 Å². The highest BCUT2D eigenvalue weighted by molar-refractivity contribution is 7.92. The molecular formula is C23H27N5O4S. The summed E-state index contributed by atoms with van der Waals surface area (Å²) in [5.74, 6) is 0.384. The van der Waals surface area contributed by atoms with Crippen LogP contribution in [0.1, 0.15) is 38.3 Å². The Morgan fingerprint density at radius 1 is 1.18 bits per heavy atom. The molecule has 0 bridgehead atoms. The van der Waals surface area contributed by atoms with Gasteiger partial charge >= 0.3 is 5.69 Å². The SMILES string of the molecule is CC(C)S(=O)(=O)c1ccc(CC(=O)NCCn2nc(-c3cccnc3)n(C3CC3)c2=O)cc1. The summed E-state index contributed by atoms with van der Waals surface area (Å²) < 4.78 is 27.5. The van der Waals surface area contributed by atoms with E-state index in [2.05, 4.69) is 15.4 Å². The van der Waals surface area contributed by atoms with E-state index in [1.165, 1.54) is 16.8 Å². The number of hydrogen-bond acceptors (Lipinski definition) is 6. The van der Waals surface area contributed by atoms with Crippen LogP contribution >= 0.6 is 0 Å². The van der Waals surface area contributed by atoms with Crippen molar-refractivity contribution in [2.45, 2.75) is 55.8 Å². The number of amides is 1. The number of carbonyl (C=O) groups is 1. The van der Waals surface area contributed by atoms with Crippen molar-refractivity contribution in [3.63, 3.8) is 0 Å². The maximum atomic E-state index is 12.9. The van der Waals surface area contributed by atoms with Crippen LogP contribution in [0.2, 0.25) is 0 Å². The van der Waals surface area contributed by atoms with Gasteiger partial charge in [0.05, 0.1) is 23.1 Å². The maximum absolute atomic E-state index is 12.9. The second-order valence-corrected chi connectivity index (χ2v) is 10.9. The number of nitrogens with one attached hydrogen (secondary N) is 1. The second kappa shape index (κ2) is 9.30. The highest BCUT2D eigenvalue weighted by Crippen LogP contribution is 2.36. The number of hydrogen-bond donors (Lipinski definition) is 1. The molecule has 0 unspecified atom stereocenters. The Labute approximate surface area is 192 Å². The van der Waals surface area contributed by atoms with Crippen LogP contribution in [0.5, 0.6) is 0 Å². The highest BCUT2D eigenvalue weighted by Gasteiger charge is 2.30. The molecule has 10 heteroatoms. The topological polar surface area (TPSA) is 116 Å². The van der Waals surface area contributed by atoms with Crippen LogP contribution in [0.3, 0.4) is 0 Å². The fraction of sp³-hybridized carbons (Fsp3) is 0.391. The molecule has 1 fully saturated rings. The molecule has 1 aromatic carbocycles. The zero-order chi connectivity index (χ0) is 23.6. The summed E-state index contributed by atoms with van der Waals surface area (Å²) in [7, 11) is -3.34. The molecule has 4 rings (SSSR count). The summed E-state index contributed by atoms with van der Waals surface area (Å²) in [6, 6.07) is 10.2. The lowest BCUT2D eigenvalue weighted by Gasteiger charge is -2.09. The standard InChI is InChI=1S/C23H27N5O4S/c1-16(2)33(31,32)20-9-5-17(6-10-20)14-21(29)25-12-13-27-23(30)28(19-7-8-19)22(26-27)18-4-3-11-24-15-18/h3-6,9-11,15-16,19H,7-8,12-14H2,1-2H3,(H,25,29). The van der Waals surface area contributed by atoms with Crippen molar-refractivity contribution >= 4 is 15.7 Å². The molecule has 1 N–H and O–H groups in total. The van der Waals surface area contributed by atoms with Gasteiger partial charge in [-0.1, -0.05) is 12.1 Å². The van der Waals surface area contributed by atoms with Crippen LogP contribution in [-0.4, -0.2) is 45.5 Å². The zero-order valence-electron chi connectivity index (χ0n) is 18.6. The number of sulfone groups is 1. The van der Waals surface area contributed by atoms with Crippen LogP contribution in [0.15, 0.2) is 58.5 Å². The monoisotopic (exact) mass is 469 g/mol. The van der Waals surface area contributed by atoms with E-state index in [-0.39, 0.29) is 42.0 Å². The Kier molecular flexibility index (Phi) is 6.46. The molecule has 1 aliphatic rings. The summed E-state index contributed by atoms with van der Waals surface area (Å²) in [6.07, 6.45) is 5.38. The van der Waals surface area contributed by atoms with Crippen molar-refractivity contribution in [3.05, 3.63) is 64.8 Å². The third-order valence-corrected chi connectivity index (χ3v) is 7.76. The number of aromatic nitrogens is 4. The zero-order valence-corrected chi connectivity index (χ0v) is 19.5. The lowest BCUT2D eigenvalue weighted by atomic mass is 10.1. The highest BCUT2D eigenvalue weighted by atomic mass is 32.2. The van der Waals surface area contributed by atoms with Crippen molar-refractivity contribution in [2.75, 3.05) is 6.54 Å². The Balaban J connectivity index is 1.37. The van der Waals surface area contributed by atoms with Crippen molar-refractivity contribution in [1.29, 1.82) is 0 Å². The molecule has 1 amide bonds. The molecule has 33 heavy (non-hydrogen) atoms. The van der Waals surface area contributed by atoms with Gasteiger partial charge in [-0.3, -0.25) is 14.3 Å². The minimum Gasteiger partial charge on any atom is -0.354 e. The first-order valence-corrected chi connectivity index (χ1v) is 12.5. The Morgan fingerprint density at radius 2 is 1.91 bits per heavy atom. The van der Waals surface area contributed by atoms with Crippen molar-refractivity contribution < 1.29 is 13.2 Å². The van der Waals surface area contributed by atoms with E-state index in [9.17, 15) is 18.0 Å². The second-order valence-electron chi connectivity index (χ2n) is 8.44. The van der Waals surface area contributed by atoms with Crippen LogP contribution in [0, 0.1) is 0 Å². The van der Waals surface area contributed by atoms with Gasteiger partial charge in [-0.25, -0.2) is 17.9 Å². The number of rotatable bonds is 9. The van der Waals surface area contributed by atoms with Crippen LogP contribution in [0.25, 0.3) is 11.4 Å². The van der Waals surface area contributed by atoms with Gasteiger partial charge in [-0.15, -0.1) is 5.10 Å². The first-order valence-electron chi connectivity index (χ1n) is 11.0. The smallest absolute Gasteiger partial charge is 0.346 e. The molecule has 2 aromatic heterocycles. The Morgan fingerprint density at radius 3 is 2.52 bits per heavy atom. The number of carbonyl (C=O) groups excluding carboxylic acids is 1. The molecular weight excluding hydrogens is 442 g/mol. The third-order valence-electron chi connectivity index (χ3n) is 5.59. The van der Waals surface area contributed by atoms with Gasteiger partial charge in [0.2, 0.25) is 5.91 Å². The van der Waals surface area contributed by atoms with Crippen LogP contribution in [-0.2, 0) is 27.6 Å². The quantitative estimate of drug-likeness (QED) is 0.512. The molecule has 0 spiro atoms. The molecule has 0 radical (unpaired) electrons. The number of pyridine rings is 1. The molecule has 0 saturated heterocycles. The minimum atomic E-state index is -3.34. The molecule has 174 valence electrons. The Bertz CT molecular complexity index is 1290. The molecule has 1 aliphatic carbocycles. The van der Waals surface area contributed by atoms with E-state index in [1.54, 1.807) is 49.0 Å². The first-order chi connectivity index (χ1) is 15.8. The summed E-state index contributed by atoms with van der Waals surface area (Å²) in [5.41, 5.74) is 1.31. The maximum Gasteiger partial charge on any atom is 0.346 e. The van der Waals surface area contributed by atoms with E-state index in [1.807, 2.05) is 6.07 Å². The van der Waals surface area contributed by atoms with E-state index >= 15 is 0 Å². The largest absolute Gasteiger partial charge is 0.354 e. The third kappa shape index (κ3) is 5.05. The van der Waals surface area contributed by atoms with Gasteiger partial charge in [0, 0.05) is 30.5 Å². The van der Waals surface area contributed by atoms with Gasteiger partial charge in [0.15, 0.2) is 15.7 Å². The predicted molar refractivity (Wildman–Crippen MR) is 123 cm³/mol. The normalized spacial score (nSPS) is 13.9. The van der Waals surface area contributed by atoms with Crippen LogP contribution in [0.4, 0.5) is 0 Å². The molecule has 1 saturated carbocycles. The number of nitrogens with zero attached hydrogens (tertiary/aromatic N) is 4. The van der Waals surface area contributed by atoms with Crippen molar-refractivity contribution in [1.82, 2.24) is 24.6 Å². The van der Waals surface area contributed by atoms with Crippen LogP contribution < -0.4 is 11.0 Å². The van der Waals surface area contributed by atoms with E-state index in [0.29, 0.717) is 11.4 Å². The average Bonchev–Trinajstić information content (AvgIpc) is 3.58. The van der Waals surface area contributed by atoms with Crippen molar-refractivity contribution in [3.8, 4) is 11.4 Å². The van der Waals surface area contributed by atoms with E-state index in [4.69, 9.17) is 0 Å². The molecule has 2 heterocycles. The van der Waals surface area contributed by atoms with E-state index < -0.39 is 15.1 Å². The first kappa shape index (κ1) is 22.9. The Hall–Kier alpha value is -3.27. The lowest BCUT2D eigenvalue weighted by molar-refractivity contribution is -0.120. The summed E-state index contributed by atoms with van der Waals surface area (Å²) in [6.45, 7) is 3.78.